The second kappa shape index (κ2) is 6.80. The summed E-state index contributed by atoms with van der Waals surface area (Å²) in [7, 11) is 0. The number of nitrogens with zero attached hydrogens (tertiary/aromatic N) is 1. The molecule has 0 aromatic heterocycles. The molecule has 0 amide bonds. The molecule has 2 rings (SSSR count). The topological polar surface area (TPSA) is 20.3 Å². The Labute approximate surface area is 114 Å². The smallest absolute Gasteiger partial charge is 0.151 e. The number of likely N-dealkylation sites (tertiary alicyclic amines) is 1. The van der Waals surface area contributed by atoms with E-state index in [2.05, 4.69) is 11.8 Å². The predicted octanol–water partition coefficient (Wildman–Crippen LogP) is 3.20. The van der Waals surface area contributed by atoms with Crippen LogP contribution >= 0.6 is 0 Å². The highest BCUT2D eigenvalue weighted by molar-refractivity contribution is 5.82. The fourth-order valence-electron chi connectivity index (χ4n) is 2.87. The van der Waals surface area contributed by atoms with Gasteiger partial charge in [0.1, 0.15) is 5.82 Å². The number of halogens is 1. The summed E-state index contributed by atoms with van der Waals surface area (Å²) in [5.41, 5.74) is 0.512. The van der Waals surface area contributed by atoms with Crippen LogP contribution in [0.5, 0.6) is 0 Å². The number of ketones is 1. The Kier molecular flexibility index (Phi) is 5.08. The summed E-state index contributed by atoms with van der Waals surface area (Å²) in [6, 6.07) is 7.07. The van der Waals surface area contributed by atoms with E-state index in [-0.39, 0.29) is 18.0 Å². The molecule has 0 spiro atoms. The van der Waals surface area contributed by atoms with E-state index in [9.17, 15) is 9.18 Å². The number of carbonyl (C=O) groups excluding carboxylic acids is 1. The van der Waals surface area contributed by atoms with Crippen LogP contribution in [0.15, 0.2) is 24.3 Å². The zero-order valence-corrected chi connectivity index (χ0v) is 11.6. The van der Waals surface area contributed by atoms with E-state index in [4.69, 9.17) is 0 Å². The third-order valence-electron chi connectivity index (χ3n) is 3.95. The summed E-state index contributed by atoms with van der Waals surface area (Å²) >= 11 is 0. The van der Waals surface area contributed by atoms with Crippen LogP contribution in [0.1, 0.15) is 38.2 Å². The minimum Gasteiger partial charge on any atom is -0.298 e. The molecule has 1 saturated heterocycles. The van der Waals surface area contributed by atoms with Gasteiger partial charge in [-0.05, 0) is 37.4 Å². The lowest BCUT2D eigenvalue weighted by atomic mass is 9.99. The molecule has 1 heterocycles. The zero-order chi connectivity index (χ0) is 13.7. The van der Waals surface area contributed by atoms with Crippen LogP contribution in [0.2, 0.25) is 0 Å². The highest BCUT2D eigenvalue weighted by Crippen LogP contribution is 2.19. The van der Waals surface area contributed by atoms with E-state index >= 15 is 0 Å². The van der Waals surface area contributed by atoms with E-state index < -0.39 is 0 Å². The third kappa shape index (κ3) is 3.87. The number of rotatable bonds is 5. The third-order valence-corrected chi connectivity index (χ3v) is 3.95. The SMILES string of the molecule is CCC1CCCCN1CC(=O)Cc1ccccc1F. The van der Waals surface area contributed by atoms with Gasteiger partial charge in [0, 0.05) is 12.5 Å². The number of piperidine rings is 1. The van der Waals surface area contributed by atoms with Gasteiger partial charge in [0.15, 0.2) is 5.78 Å². The predicted molar refractivity (Wildman–Crippen MR) is 74.6 cm³/mol. The monoisotopic (exact) mass is 263 g/mol. The molecule has 1 aromatic rings. The van der Waals surface area contributed by atoms with Crippen LogP contribution in [-0.4, -0.2) is 29.8 Å². The lowest BCUT2D eigenvalue weighted by Crippen LogP contribution is -2.42. The molecule has 1 aliphatic rings. The maximum absolute atomic E-state index is 13.5. The Morgan fingerprint density at radius 1 is 1.37 bits per heavy atom. The molecular weight excluding hydrogens is 241 g/mol. The van der Waals surface area contributed by atoms with E-state index in [1.54, 1.807) is 18.2 Å². The summed E-state index contributed by atoms with van der Waals surface area (Å²) in [6.45, 7) is 3.64. The zero-order valence-electron chi connectivity index (χ0n) is 11.6. The van der Waals surface area contributed by atoms with Crippen molar-refractivity contribution in [2.24, 2.45) is 0 Å². The second-order valence-electron chi connectivity index (χ2n) is 5.34. The fraction of sp³-hybridized carbons (Fsp3) is 0.562. The van der Waals surface area contributed by atoms with E-state index in [0.717, 1.165) is 13.0 Å². The van der Waals surface area contributed by atoms with E-state index in [1.807, 2.05) is 0 Å². The van der Waals surface area contributed by atoms with Crippen molar-refractivity contribution in [3.63, 3.8) is 0 Å². The van der Waals surface area contributed by atoms with Gasteiger partial charge in [0.2, 0.25) is 0 Å². The number of benzene rings is 1. The number of carbonyl (C=O) groups is 1. The molecule has 0 radical (unpaired) electrons. The van der Waals surface area contributed by atoms with Gasteiger partial charge in [-0.25, -0.2) is 4.39 Å². The number of Topliss-reactive ketones (excluding diaryl/α,β-unsaturated/α-hetero) is 1. The van der Waals surface area contributed by atoms with Crippen LogP contribution in [0.4, 0.5) is 4.39 Å². The summed E-state index contributed by atoms with van der Waals surface area (Å²) in [4.78, 5) is 14.4. The molecule has 0 aliphatic carbocycles. The maximum Gasteiger partial charge on any atom is 0.151 e. The quantitative estimate of drug-likeness (QED) is 0.813. The van der Waals surface area contributed by atoms with Gasteiger partial charge >= 0.3 is 0 Å². The van der Waals surface area contributed by atoms with Crippen molar-refractivity contribution in [3.8, 4) is 0 Å². The van der Waals surface area contributed by atoms with Gasteiger partial charge in [0.25, 0.3) is 0 Å². The molecule has 3 heteroatoms. The summed E-state index contributed by atoms with van der Waals surface area (Å²) < 4.78 is 13.5. The van der Waals surface area contributed by atoms with Crippen LogP contribution in [-0.2, 0) is 11.2 Å². The molecule has 19 heavy (non-hydrogen) atoms. The lowest BCUT2D eigenvalue weighted by molar-refractivity contribution is -0.120. The van der Waals surface area contributed by atoms with Gasteiger partial charge < -0.3 is 0 Å². The van der Waals surface area contributed by atoms with Gasteiger partial charge in [-0.3, -0.25) is 9.69 Å². The summed E-state index contributed by atoms with van der Waals surface area (Å²) in [5.74, 6) is -0.160. The van der Waals surface area contributed by atoms with Crippen molar-refractivity contribution in [3.05, 3.63) is 35.6 Å². The van der Waals surface area contributed by atoms with E-state index in [0.29, 0.717) is 18.2 Å². The maximum atomic E-state index is 13.5. The average molecular weight is 263 g/mol. The van der Waals surface area contributed by atoms with Gasteiger partial charge in [-0.2, -0.15) is 0 Å². The molecule has 1 aliphatic heterocycles. The molecule has 2 nitrogen and oxygen atoms in total. The minimum absolute atomic E-state index is 0.116. The molecule has 1 atom stereocenters. The highest BCUT2D eigenvalue weighted by Gasteiger charge is 2.22. The van der Waals surface area contributed by atoms with Gasteiger partial charge in [-0.1, -0.05) is 31.5 Å². The molecule has 0 bridgehead atoms. The van der Waals surface area contributed by atoms with Gasteiger partial charge in [0.05, 0.1) is 6.54 Å². The van der Waals surface area contributed by atoms with Crippen molar-refractivity contribution >= 4 is 5.78 Å². The highest BCUT2D eigenvalue weighted by atomic mass is 19.1. The van der Waals surface area contributed by atoms with Crippen molar-refractivity contribution in [1.29, 1.82) is 0 Å². The van der Waals surface area contributed by atoms with E-state index in [1.165, 1.54) is 25.3 Å². The van der Waals surface area contributed by atoms with Crippen molar-refractivity contribution in [1.82, 2.24) is 4.90 Å². The fourth-order valence-corrected chi connectivity index (χ4v) is 2.87. The standard InChI is InChI=1S/C16H22FNO/c1-2-14-8-5-6-10-18(14)12-15(19)11-13-7-3-4-9-16(13)17/h3-4,7,9,14H,2,5-6,8,10-12H2,1H3. The summed E-state index contributed by atoms with van der Waals surface area (Å²) in [5, 5.41) is 0. The molecule has 1 unspecified atom stereocenters. The summed E-state index contributed by atoms with van der Waals surface area (Å²) in [6.07, 6.45) is 4.91. The number of hydrogen-bond acceptors (Lipinski definition) is 2. The Hall–Kier alpha value is -1.22. The number of hydrogen-bond donors (Lipinski definition) is 0. The molecule has 104 valence electrons. The Bertz CT molecular complexity index is 433. The average Bonchev–Trinajstić information content (AvgIpc) is 2.42. The first-order valence-electron chi connectivity index (χ1n) is 7.20. The Morgan fingerprint density at radius 2 is 2.16 bits per heavy atom. The largest absolute Gasteiger partial charge is 0.298 e. The second-order valence-corrected chi connectivity index (χ2v) is 5.34. The van der Waals surface area contributed by atoms with Crippen LogP contribution in [0, 0.1) is 5.82 Å². The molecule has 0 N–H and O–H groups in total. The van der Waals surface area contributed by atoms with Gasteiger partial charge in [-0.15, -0.1) is 0 Å². The first-order chi connectivity index (χ1) is 9.20. The van der Waals surface area contributed by atoms with Crippen molar-refractivity contribution in [2.45, 2.75) is 45.1 Å². The van der Waals surface area contributed by atoms with Crippen molar-refractivity contribution in [2.75, 3.05) is 13.1 Å². The van der Waals surface area contributed by atoms with Crippen LogP contribution < -0.4 is 0 Å². The minimum atomic E-state index is -0.276. The molecule has 1 aromatic carbocycles. The Morgan fingerprint density at radius 3 is 2.89 bits per heavy atom. The normalized spacial score (nSPS) is 20.4. The van der Waals surface area contributed by atoms with Crippen LogP contribution in [0.3, 0.4) is 0 Å². The van der Waals surface area contributed by atoms with Crippen molar-refractivity contribution < 1.29 is 9.18 Å². The Balaban J connectivity index is 1.92. The first kappa shape index (κ1) is 14.2. The first-order valence-corrected chi connectivity index (χ1v) is 7.20. The van der Waals surface area contributed by atoms with Crippen LogP contribution in [0.25, 0.3) is 0 Å². The lowest BCUT2D eigenvalue weighted by Gasteiger charge is -2.34. The molecular formula is C16H22FNO. The molecule has 0 saturated carbocycles. The molecule has 1 fully saturated rings.